The van der Waals surface area contributed by atoms with Crippen LogP contribution in [0.2, 0.25) is 0 Å². The Hall–Kier alpha value is 2.28. The SMILES string of the molecule is [Cl][Hg][Cl].[MgH2]. The van der Waals surface area contributed by atoms with Gasteiger partial charge >= 0.3 is 61.7 Å². The molecule has 0 aliphatic carbocycles. The topological polar surface area (TPSA) is 0 Å². The monoisotopic (exact) mass is 298 g/mol. The molecule has 0 fully saturated rings. The van der Waals surface area contributed by atoms with Crippen molar-refractivity contribution in [1.82, 2.24) is 0 Å². The zero-order valence-electron chi connectivity index (χ0n) is 1.46. The fraction of sp³-hybridized carbons (Fsp3) is 0. The van der Waals surface area contributed by atoms with Crippen LogP contribution in [-0.2, 0) is 22.1 Å². The van der Waals surface area contributed by atoms with Crippen molar-refractivity contribution in [3.63, 3.8) is 0 Å². The maximum atomic E-state index is 4.99. The normalized spacial score (nSPS) is 2.50. The molecule has 0 bridgehead atoms. The summed E-state index contributed by atoms with van der Waals surface area (Å²) in [6, 6.07) is 0. The van der Waals surface area contributed by atoms with Gasteiger partial charge in [0.25, 0.3) is 0 Å². The van der Waals surface area contributed by atoms with Gasteiger partial charge in [-0.05, 0) is 0 Å². The van der Waals surface area contributed by atoms with Crippen LogP contribution in [-0.4, -0.2) is 23.1 Å². The first-order chi connectivity index (χ1) is 1.41. The molecule has 0 aromatic carbocycles. The van der Waals surface area contributed by atoms with Gasteiger partial charge in [-0.3, -0.25) is 0 Å². The molecule has 0 saturated carbocycles. The van der Waals surface area contributed by atoms with Crippen LogP contribution in [0.4, 0.5) is 0 Å². The first-order valence-electron chi connectivity index (χ1n) is 0.535. The second kappa shape index (κ2) is 8.99. The Morgan fingerprint density at radius 2 is 1.25 bits per heavy atom. The van der Waals surface area contributed by atoms with E-state index in [0.717, 1.165) is 0 Å². The Kier molecular flexibility index (Phi) is 21.5. The maximum absolute atomic E-state index is 4.99. The summed E-state index contributed by atoms with van der Waals surface area (Å²) < 4.78 is 0. The quantitative estimate of drug-likeness (QED) is 0.570. The molecule has 0 atom stereocenters. The Bertz CT molecular complexity index is 6.00. The van der Waals surface area contributed by atoms with Crippen molar-refractivity contribution in [2.24, 2.45) is 0 Å². The molecule has 0 heterocycles. The predicted octanol–water partition coefficient (Wildman–Crippen LogP) is 0.460. The van der Waals surface area contributed by atoms with Gasteiger partial charge in [-0.15, -0.1) is 0 Å². The van der Waals surface area contributed by atoms with Gasteiger partial charge < -0.3 is 0 Å². The van der Waals surface area contributed by atoms with Crippen molar-refractivity contribution < 1.29 is 22.1 Å². The third-order valence-corrected chi connectivity index (χ3v) is 0. The molecule has 4 heavy (non-hydrogen) atoms. The van der Waals surface area contributed by atoms with Crippen molar-refractivity contribution >= 4 is 39.6 Å². The Morgan fingerprint density at radius 1 is 1.25 bits per heavy atom. The number of halogens is 2. The first-order valence-corrected chi connectivity index (χ1v) is 14.1. The van der Waals surface area contributed by atoms with Crippen molar-refractivity contribution in [3.05, 3.63) is 0 Å². The predicted molar refractivity (Wildman–Crippen MR) is 20.2 cm³/mol. The fourth-order valence-electron chi connectivity index (χ4n) is 0. The van der Waals surface area contributed by atoms with Crippen LogP contribution in [0.25, 0.3) is 0 Å². The van der Waals surface area contributed by atoms with Gasteiger partial charge in [-0.2, -0.15) is 0 Å². The molecule has 0 radical (unpaired) electrons. The van der Waals surface area contributed by atoms with E-state index in [9.17, 15) is 0 Å². The molecule has 20 valence electrons. The van der Waals surface area contributed by atoms with Crippen LogP contribution in [0.1, 0.15) is 0 Å². The molecule has 0 aromatic rings. The van der Waals surface area contributed by atoms with Crippen molar-refractivity contribution in [2.75, 3.05) is 0 Å². The maximum Gasteiger partial charge on any atom is 0.316 e. The summed E-state index contributed by atoms with van der Waals surface area (Å²) in [4.78, 5) is 0. The zero-order chi connectivity index (χ0) is 2.71. The molecular weight excluding hydrogens is 296 g/mol. The molecular formula is H2Cl2HgMg. The van der Waals surface area contributed by atoms with E-state index in [4.69, 9.17) is 16.5 Å². The van der Waals surface area contributed by atoms with Crippen molar-refractivity contribution in [3.8, 4) is 0 Å². The number of hydrogen-bond acceptors (Lipinski definition) is 0. The molecule has 0 aliphatic rings. The van der Waals surface area contributed by atoms with E-state index in [-0.39, 0.29) is 23.1 Å². The van der Waals surface area contributed by atoms with Crippen LogP contribution in [0.3, 0.4) is 0 Å². The number of rotatable bonds is 0. The van der Waals surface area contributed by atoms with Crippen LogP contribution in [0, 0.1) is 0 Å². The minimum Gasteiger partial charge on any atom is 0.316 e. The van der Waals surface area contributed by atoms with E-state index in [0.29, 0.717) is 0 Å². The van der Waals surface area contributed by atoms with Crippen molar-refractivity contribution in [1.29, 1.82) is 0 Å². The minimum absolute atomic E-state index is 0. The molecule has 0 unspecified atom stereocenters. The zero-order valence-corrected chi connectivity index (χ0v) is 8.47. The van der Waals surface area contributed by atoms with Gasteiger partial charge in [-0.25, -0.2) is 0 Å². The van der Waals surface area contributed by atoms with E-state index in [1.54, 1.807) is 0 Å². The third kappa shape index (κ3) is 8.86. The summed E-state index contributed by atoms with van der Waals surface area (Å²) in [5, 5.41) is 0. The molecule has 0 nitrogen and oxygen atoms in total. The molecule has 0 spiro atoms. The molecule has 0 N–H and O–H groups in total. The van der Waals surface area contributed by atoms with E-state index in [1.807, 2.05) is 0 Å². The van der Waals surface area contributed by atoms with Crippen LogP contribution in [0.5, 0.6) is 0 Å². The second-order valence-corrected chi connectivity index (χ2v) is 7.98. The van der Waals surface area contributed by atoms with Gasteiger partial charge in [0.1, 0.15) is 0 Å². The fourth-order valence-corrected chi connectivity index (χ4v) is 0. The molecule has 0 amide bonds. The first kappa shape index (κ1) is 9.56. The molecule has 0 aliphatic heterocycles. The van der Waals surface area contributed by atoms with Gasteiger partial charge in [0.05, 0.1) is 0 Å². The van der Waals surface area contributed by atoms with E-state index >= 15 is 0 Å². The Balaban J connectivity index is 0. The Labute approximate surface area is 60.7 Å². The van der Waals surface area contributed by atoms with Gasteiger partial charge in [-0.1, -0.05) is 0 Å². The molecule has 0 rings (SSSR count). The minimum atomic E-state index is -1.14. The third-order valence-electron chi connectivity index (χ3n) is 0. The van der Waals surface area contributed by atoms with Crippen LogP contribution in [0.15, 0.2) is 0 Å². The molecule has 0 saturated heterocycles. The summed E-state index contributed by atoms with van der Waals surface area (Å²) in [6.45, 7) is 0. The average molecular weight is 298 g/mol. The van der Waals surface area contributed by atoms with Gasteiger partial charge in [0, 0.05) is 0 Å². The van der Waals surface area contributed by atoms with Crippen LogP contribution < -0.4 is 0 Å². The van der Waals surface area contributed by atoms with Crippen LogP contribution >= 0.6 is 16.5 Å². The smallest absolute Gasteiger partial charge is 0.316 e. The van der Waals surface area contributed by atoms with E-state index in [2.05, 4.69) is 0 Å². The summed E-state index contributed by atoms with van der Waals surface area (Å²) in [7, 11) is 9.97. The van der Waals surface area contributed by atoms with Crippen molar-refractivity contribution in [2.45, 2.75) is 0 Å². The molecule has 0 aromatic heterocycles. The Morgan fingerprint density at radius 3 is 1.25 bits per heavy atom. The van der Waals surface area contributed by atoms with E-state index in [1.165, 1.54) is 0 Å². The van der Waals surface area contributed by atoms with E-state index < -0.39 is 22.1 Å². The van der Waals surface area contributed by atoms with Gasteiger partial charge in [0.15, 0.2) is 0 Å². The molecule has 4 heteroatoms. The summed E-state index contributed by atoms with van der Waals surface area (Å²) in [6.07, 6.45) is 0. The summed E-state index contributed by atoms with van der Waals surface area (Å²) >= 11 is -1.14. The summed E-state index contributed by atoms with van der Waals surface area (Å²) in [5.41, 5.74) is 0. The average Bonchev–Trinajstić information content (AvgIpc) is 0.918. The largest absolute Gasteiger partial charge is 0.316 e. The van der Waals surface area contributed by atoms with Gasteiger partial charge in [0.2, 0.25) is 0 Å². The second-order valence-electron chi connectivity index (χ2n) is 0.101. The summed E-state index contributed by atoms with van der Waals surface area (Å²) in [5.74, 6) is 0. The number of hydrogen-bond donors (Lipinski definition) is 0. The standard InChI is InChI=1S/2ClH.Hg.Mg.2H/h2*1H;;;;/q;;+2;;;/p-2.